The van der Waals surface area contributed by atoms with Crippen LogP contribution in [-0.2, 0) is 4.74 Å². The van der Waals surface area contributed by atoms with Crippen LogP contribution < -0.4 is 10.2 Å². The molecule has 0 saturated carbocycles. The van der Waals surface area contributed by atoms with Gasteiger partial charge in [-0.05, 0) is 18.2 Å². The topological polar surface area (TPSA) is 190 Å². The van der Waals surface area contributed by atoms with Crippen LogP contribution in [0.3, 0.4) is 0 Å². The average molecular weight is 434 g/mol. The molecule has 2 heterocycles. The summed E-state index contributed by atoms with van der Waals surface area (Å²) >= 11 is 0. The van der Waals surface area contributed by atoms with E-state index >= 15 is 0 Å². The minimum absolute atomic E-state index is 0.0179. The minimum Gasteiger partial charge on any atom is -0.504 e. The zero-order chi connectivity index (χ0) is 22.5. The largest absolute Gasteiger partial charge is 0.504 e. The number of aliphatic hydroxyl groups excluding tert-OH is 2. The predicted octanol–water partition coefficient (Wildman–Crippen LogP) is 0.102. The molecule has 0 aliphatic carbocycles. The van der Waals surface area contributed by atoms with Gasteiger partial charge in [0, 0.05) is 17.7 Å². The molecule has 1 aromatic heterocycles. The van der Waals surface area contributed by atoms with Crippen LogP contribution in [0.4, 0.5) is 0 Å². The van der Waals surface area contributed by atoms with Crippen LogP contribution >= 0.6 is 0 Å². The monoisotopic (exact) mass is 434 g/mol. The van der Waals surface area contributed by atoms with Crippen molar-refractivity contribution in [3.05, 3.63) is 40.6 Å². The Balaban J connectivity index is 1.79. The van der Waals surface area contributed by atoms with E-state index in [9.17, 15) is 40.5 Å². The van der Waals surface area contributed by atoms with Crippen molar-refractivity contribution in [1.29, 1.82) is 0 Å². The molecule has 0 unspecified atom stereocenters. The normalized spacial score (nSPS) is 23.3. The fourth-order valence-electron chi connectivity index (χ4n) is 3.20. The molecule has 0 spiro atoms. The van der Waals surface area contributed by atoms with E-state index < -0.39 is 59.6 Å². The molecule has 11 heteroatoms. The minimum atomic E-state index is -1.97. The number of aliphatic hydroxyl groups is 3. The zero-order valence-electron chi connectivity index (χ0n) is 15.7. The molecule has 7 N–H and O–H groups in total. The maximum atomic E-state index is 12.5. The number of phenolic OH excluding ortho intramolecular Hbond substituents is 4. The fourth-order valence-corrected chi connectivity index (χ4v) is 3.20. The van der Waals surface area contributed by atoms with E-state index in [4.69, 9.17) is 13.9 Å². The molecule has 4 rings (SSSR count). The summed E-state index contributed by atoms with van der Waals surface area (Å²) < 4.78 is 16.1. The van der Waals surface area contributed by atoms with Gasteiger partial charge in [-0.15, -0.1) is 0 Å². The maximum absolute atomic E-state index is 12.5. The first-order chi connectivity index (χ1) is 14.6. The van der Waals surface area contributed by atoms with E-state index in [-0.39, 0.29) is 28.0 Å². The third-order valence-electron chi connectivity index (χ3n) is 5.01. The van der Waals surface area contributed by atoms with Crippen molar-refractivity contribution in [3.8, 4) is 40.1 Å². The van der Waals surface area contributed by atoms with Crippen LogP contribution in [0.25, 0.3) is 22.3 Å². The molecule has 0 amide bonds. The summed E-state index contributed by atoms with van der Waals surface area (Å²) in [5, 5.41) is 68.7. The second-order valence-corrected chi connectivity index (χ2v) is 7.13. The van der Waals surface area contributed by atoms with Crippen molar-refractivity contribution in [3.63, 3.8) is 0 Å². The Bertz CT molecular complexity index is 1220. The molecule has 3 atom stereocenters. The number of fused-ring (bicyclic) bond motifs is 1. The number of rotatable bonds is 4. The second-order valence-electron chi connectivity index (χ2n) is 7.13. The quantitative estimate of drug-likeness (QED) is 0.276. The summed E-state index contributed by atoms with van der Waals surface area (Å²) in [5.41, 5.74) is -2.65. The van der Waals surface area contributed by atoms with Gasteiger partial charge in [-0.3, -0.25) is 4.79 Å². The van der Waals surface area contributed by atoms with Gasteiger partial charge in [0.15, 0.2) is 28.4 Å². The lowest BCUT2D eigenvalue weighted by Crippen LogP contribution is -2.48. The summed E-state index contributed by atoms with van der Waals surface area (Å²) in [4.78, 5) is 12.5. The zero-order valence-corrected chi connectivity index (χ0v) is 15.7. The Kier molecular flexibility index (Phi) is 4.90. The van der Waals surface area contributed by atoms with Crippen LogP contribution in [0.5, 0.6) is 28.7 Å². The van der Waals surface area contributed by atoms with Crippen molar-refractivity contribution in [2.24, 2.45) is 0 Å². The first-order valence-electron chi connectivity index (χ1n) is 8.99. The van der Waals surface area contributed by atoms with E-state index in [1.54, 1.807) is 0 Å². The van der Waals surface area contributed by atoms with Crippen molar-refractivity contribution < 1.29 is 49.6 Å². The van der Waals surface area contributed by atoms with Gasteiger partial charge < -0.3 is 49.6 Å². The molecule has 11 nitrogen and oxygen atoms in total. The van der Waals surface area contributed by atoms with Gasteiger partial charge in [0.05, 0.1) is 13.2 Å². The van der Waals surface area contributed by atoms with E-state index in [0.717, 1.165) is 18.2 Å². The van der Waals surface area contributed by atoms with Gasteiger partial charge in [-0.2, -0.15) is 0 Å². The highest BCUT2D eigenvalue weighted by Crippen LogP contribution is 2.43. The Morgan fingerprint density at radius 2 is 1.81 bits per heavy atom. The maximum Gasteiger partial charge on any atom is 0.229 e. The number of hydrogen-bond acceptors (Lipinski definition) is 11. The predicted molar refractivity (Wildman–Crippen MR) is 103 cm³/mol. The van der Waals surface area contributed by atoms with E-state index in [0.29, 0.717) is 0 Å². The van der Waals surface area contributed by atoms with Crippen molar-refractivity contribution in [2.75, 3.05) is 13.2 Å². The van der Waals surface area contributed by atoms with Crippen molar-refractivity contribution in [1.82, 2.24) is 0 Å². The highest BCUT2D eigenvalue weighted by atomic mass is 16.7. The molecule has 2 aromatic carbocycles. The fraction of sp³-hybridized carbons (Fsp3) is 0.250. The number of hydrogen-bond donors (Lipinski definition) is 7. The van der Waals surface area contributed by atoms with E-state index in [2.05, 4.69) is 0 Å². The van der Waals surface area contributed by atoms with E-state index in [1.807, 2.05) is 0 Å². The SMILES string of the molecule is O=c1cc(-c2ccc(O)c(O)c2)oc2cc(O[C@@H]3OC[C@](O)(CO)[C@H]3O)c(O)c(O)c12. The molecule has 164 valence electrons. The molecule has 1 saturated heterocycles. The lowest BCUT2D eigenvalue weighted by Gasteiger charge is -2.24. The van der Waals surface area contributed by atoms with Gasteiger partial charge in [0.2, 0.25) is 12.0 Å². The molecular formula is C20H18O11. The third-order valence-corrected chi connectivity index (χ3v) is 5.01. The Morgan fingerprint density at radius 1 is 1.06 bits per heavy atom. The van der Waals surface area contributed by atoms with Crippen LogP contribution in [-0.4, -0.2) is 67.0 Å². The van der Waals surface area contributed by atoms with Crippen molar-refractivity contribution >= 4 is 11.0 Å². The summed E-state index contributed by atoms with van der Waals surface area (Å²) in [6.45, 7) is -1.25. The highest BCUT2D eigenvalue weighted by molar-refractivity contribution is 5.89. The molecule has 0 radical (unpaired) electrons. The summed E-state index contributed by atoms with van der Waals surface area (Å²) in [7, 11) is 0. The number of benzene rings is 2. The van der Waals surface area contributed by atoms with Crippen LogP contribution in [0.1, 0.15) is 0 Å². The Hall–Kier alpha value is -3.51. The van der Waals surface area contributed by atoms with Gasteiger partial charge >= 0.3 is 0 Å². The van der Waals surface area contributed by atoms with Crippen LogP contribution in [0.2, 0.25) is 0 Å². The van der Waals surface area contributed by atoms with Gasteiger partial charge in [-0.25, -0.2) is 0 Å². The number of phenols is 4. The molecule has 31 heavy (non-hydrogen) atoms. The summed E-state index contributed by atoms with van der Waals surface area (Å²) in [6, 6.07) is 5.84. The molecular weight excluding hydrogens is 416 g/mol. The van der Waals surface area contributed by atoms with Gasteiger partial charge in [0.1, 0.15) is 28.4 Å². The molecule has 0 bridgehead atoms. The average Bonchev–Trinajstić information content (AvgIpc) is 3.02. The lowest BCUT2D eigenvalue weighted by molar-refractivity contribution is -0.116. The lowest BCUT2D eigenvalue weighted by atomic mass is 10.0. The first-order valence-corrected chi connectivity index (χ1v) is 8.99. The second kappa shape index (κ2) is 7.32. The Morgan fingerprint density at radius 3 is 2.45 bits per heavy atom. The highest BCUT2D eigenvalue weighted by Gasteiger charge is 2.49. The Labute approximate surface area is 173 Å². The molecule has 1 aliphatic rings. The molecule has 1 fully saturated rings. The number of ether oxygens (including phenoxy) is 2. The van der Waals surface area contributed by atoms with Crippen molar-refractivity contribution in [2.45, 2.75) is 18.0 Å². The molecule has 1 aliphatic heterocycles. The summed E-state index contributed by atoms with van der Waals surface area (Å²) in [6.07, 6.45) is -3.17. The smallest absolute Gasteiger partial charge is 0.229 e. The first kappa shape index (κ1) is 20.8. The van der Waals surface area contributed by atoms with Crippen LogP contribution in [0, 0.1) is 0 Å². The standard InChI is InChI=1S/C20H18O11/c21-6-20(28)7-29-19(18(20)27)31-14-5-13-15(17(26)16(14)25)11(24)4-12(30-13)8-1-2-9(22)10(23)3-8/h1-5,18-19,21-23,25-28H,6-7H2/t18-,19-,20+/m0/s1. The molecule has 3 aromatic rings. The summed E-state index contributed by atoms with van der Waals surface area (Å²) in [5.74, 6) is -2.93. The van der Waals surface area contributed by atoms with Gasteiger partial charge in [-0.1, -0.05) is 0 Å². The third kappa shape index (κ3) is 3.39. The van der Waals surface area contributed by atoms with E-state index in [1.165, 1.54) is 12.1 Å². The van der Waals surface area contributed by atoms with Crippen LogP contribution in [0.15, 0.2) is 39.5 Å². The van der Waals surface area contributed by atoms with Gasteiger partial charge in [0.25, 0.3) is 0 Å². The number of aromatic hydroxyl groups is 4.